The molecular formula is C17H18Cl3N3OS. The summed E-state index contributed by atoms with van der Waals surface area (Å²) in [4.78, 5) is 21.4. The van der Waals surface area contributed by atoms with Gasteiger partial charge in [0, 0.05) is 16.6 Å². The van der Waals surface area contributed by atoms with Gasteiger partial charge < -0.3 is 5.32 Å². The van der Waals surface area contributed by atoms with Crippen LogP contribution < -0.4 is 5.32 Å². The number of benzene rings is 1. The molecule has 2 aromatic rings. The monoisotopic (exact) mass is 417 g/mol. The molecule has 0 bridgehead atoms. The largest absolute Gasteiger partial charge is 0.323 e. The summed E-state index contributed by atoms with van der Waals surface area (Å²) in [6.07, 6.45) is 0. The molecule has 0 unspecified atom stereocenters. The number of aromatic nitrogens is 2. The average molecular weight is 419 g/mol. The maximum Gasteiger partial charge on any atom is 0.237 e. The van der Waals surface area contributed by atoms with Gasteiger partial charge in [0.15, 0.2) is 0 Å². The molecule has 0 aliphatic heterocycles. The van der Waals surface area contributed by atoms with Gasteiger partial charge in [0.25, 0.3) is 0 Å². The van der Waals surface area contributed by atoms with Crippen molar-refractivity contribution >= 4 is 58.2 Å². The van der Waals surface area contributed by atoms with Crippen LogP contribution in [0.3, 0.4) is 0 Å². The van der Waals surface area contributed by atoms with Crippen molar-refractivity contribution in [3.05, 3.63) is 44.8 Å². The molecule has 1 atom stereocenters. The van der Waals surface area contributed by atoms with Crippen molar-refractivity contribution < 1.29 is 4.79 Å². The minimum absolute atomic E-state index is 0.218. The van der Waals surface area contributed by atoms with Gasteiger partial charge in [-0.2, -0.15) is 0 Å². The second-order valence-corrected chi connectivity index (χ2v) is 8.47. The van der Waals surface area contributed by atoms with Crippen molar-refractivity contribution in [2.24, 2.45) is 0 Å². The second kappa shape index (κ2) is 8.58. The first-order valence-electron chi connectivity index (χ1n) is 7.65. The first kappa shape index (κ1) is 20.3. The summed E-state index contributed by atoms with van der Waals surface area (Å²) in [5.41, 5.74) is 1.23. The normalized spacial score (nSPS) is 12.3. The van der Waals surface area contributed by atoms with E-state index in [2.05, 4.69) is 15.3 Å². The standard InChI is InChI=1S/C17H18Cl3N3OS/c1-8(2)16-21-9(3)5-14(22-16)25-10(4)17(24)23-15-12(19)6-11(18)7-13(15)20/h5-8,10H,1-4H3,(H,23,24)/t10-/m1/s1. The number of thioether (sulfide) groups is 1. The van der Waals surface area contributed by atoms with E-state index in [0.717, 1.165) is 16.5 Å². The maximum absolute atomic E-state index is 12.5. The van der Waals surface area contributed by atoms with E-state index in [0.29, 0.717) is 20.8 Å². The number of aryl methyl sites for hydroxylation is 1. The Morgan fingerprint density at radius 3 is 2.24 bits per heavy atom. The van der Waals surface area contributed by atoms with Crippen molar-refractivity contribution in [1.82, 2.24) is 9.97 Å². The fraction of sp³-hybridized carbons (Fsp3) is 0.353. The van der Waals surface area contributed by atoms with Crippen molar-refractivity contribution in [3.63, 3.8) is 0 Å². The molecule has 0 spiro atoms. The van der Waals surface area contributed by atoms with Gasteiger partial charge in [0.1, 0.15) is 10.9 Å². The highest BCUT2D eigenvalue weighted by molar-refractivity contribution is 8.00. The van der Waals surface area contributed by atoms with Gasteiger partial charge in [0.2, 0.25) is 5.91 Å². The highest BCUT2D eigenvalue weighted by atomic mass is 35.5. The molecule has 4 nitrogen and oxygen atoms in total. The molecular weight excluding hydrogens is 401 g/mol. The second-order valence-electron chi connectivity index (χ2n) is 5.85. The van der Waals surface area contributed by atoms with Crippen molar-refractivity contribution in [2.45, 2.75) is 43.9 Å². The Hall–Kier alpha value is -1.01. The van der Waals surface area contributed by atoms with Crippen molar-refractivity contribution in [3.8, 4) is 0 Å². The summed E-state index contributed by atoms with van der Waals surface area (Å²) < 4.78 is 0. The van der Waals surface area contributed by atoms with Crippen molar-refractivity contribution in [2.75, 3.05) is 5.32 Å². The molecule has 134 valence electrons. The summed E-state index contributed by atoms with van der Waals surface area (Å²) in [6.45, 7) is 7.77. The summed E-state index contributed by atoms with van der Waals surface area (Å²) in [6, 6.07) is 4.93. The smallest absolute Gasteiger partial charge is 0.237 e. The van der Waals surface area contributed by atoms with Gasteiger partial charge in [-0.05, 0) is 32.0 Å². The van der Waals surface area contributed by atoms with E-state index in [1.807, 2.05) is 26.8 Å². The number of hydrogen-bond acceptors (Lipinski definition) is 4. The molecule has 1 aromatic carbocycles. The predicted molar refractivity (Wildman–Crippen MR) is 106 cm³/mol. The third kappa shape index (κ3) is 5.48. The van der Waals surface area contributed by atoms with Crippen LogP contribution >= 0.6 is 46.6 Å². The lowest BCUT2D eigenvalue weighted by atomic mass is 10.2. The topological polar surface area (TPSA) is 54.9 Å². The van der Waals surface area contributed by atoms with Crippen LogP contribution in [0, 0.1) is 6.92 Å². The van der Waals surface area contributed by atoms with E-state index in [9.17, 15) is 4.79 Å². The van der Waals surface area contributed by atoms with Crippen LogP contribution in [0.1, 0.15) is 38.2 Å². The Balaban J connectivity index is 2.14. The highest BCUT2D eigenvalue weighted by Crippen LogP contribution is 2.34. The molecule has 0 aliphatic carbocycles. The number of amides is 1. The first-order valence-corrected chi connectivity index (χ1v) is 9.66. The molecule has 0 aliphatic rings. The highest BCUT2D eigenvalue weighted by Gasteiger charge is 2.19. The molecule has 0 radical (unpaired) electrons. The molecule has 1 N–H and O–H groups in total. The van der Waals surface area contributed by atoms with E-state index in [4.69, 9.17) is 34.8 Å². The third-order valence-electron chi connectivity index (χ3n) is 3.29. The molecule has 1 heterocycles. The Labute approximate surface area is 166 Å². The van der Waals surface area contributed by atoms with E-state index in [-0.39, 0.29) is 11.8 Å². The lowest BCUT2D eigenvalue weighted by Crippen LogP contribution is -2.23. The number of carbonyl (C=O) groups is 1. The number of carbonyl (C=O) groups excluding carboxylic acids is 1. The van der Waals surface area contributed by atoms with Gasteiger partial charge in [-0.1, -0.05) is 60.4 Å². The lowest BCUT2D eigenvalue weighted by Gasteiger charge is -2.15. The summed E-state index contributed by atoms with van der Waals surface area (Å²) in [7, 11) is 0. The summed E-state index contributed by atoms with van der Waals surface area (Å²) in [5, 5.41) is 4.12. The number of anilines is 1. The molecule has 25 heavy (non-hydrogen) atoms. The van der Waals surface area contributed by atoms with Gasteiger partial charge in [-0.25, -0.2) is 9.97 Å². The number of nitrogens with one attached hydrogen (secondary N) is 1. The van der Waals surface area contributed by atoms with Crippen LogP contribution in [0.4, 0.5) is 5.69 Å². The van der Waals surface area contributed by atoms with E-state index in [1.165, 1.54) is 23.9 Å². The molecule has 0 saturated carbocycles. The van der Waals surface area contributed by atoms with Crippen LogP contribution in [0.25, 0.3) is 0 Å². The van der Waals surface area contributed by atoms with Crippen LogP contribution in [-0.4, -0.2) is 21.1 Å². The Morgan fingerprint density at radius 1 is 1.08 bits per heavy atom. The zero-order valence-corrected chi connectivity index (χ0v) is 17.3. The van der Waals surface area contributed by atoms with Crippen LogP contribution in [0.5, 0.6) is 0 Å². The quantitative estimate of drug-likeness (QED) is 0.479. The van der Waals surface area contributed by atoms with E-state index >= 15 is 0 Å². The number of rotatable bonds is 5. The fourth-order valence-electron chi connectivity index (χ4n) is 2.00. The SMILES string of the molecule is Cc1cc(S[C@H](C)C(=O)Nc2c(Cl)cc(Cl)cc2Cl)nc(C(C)C)n1. The lowest BCUT2D eigenvalue weighted by molar-refractivity contribution is -0.115. The molecule has 8 heteroatoms. The fourth-order valence-corrected chi connectivity index (χ4v) is 3.83. The average Bonchev–Trinajstić information content (AvgIpc) is 2.49. The maximum atomic E-state index is 12.5. The zero-order chi connectivity index (χ0) is 18.7. The number of hydrogen-bond donors (Lipinski definition) is 1. The zero-order valence-electron chi connectivity index (χ0n) is 14.2. The molecule has 1 amide bonds. The minimum Gasteiger partial charge on any atom is -0.323 e. The third-order valence-corrected chi connectivity index (χ3v) is 5.12. The van der Waals surface area contributed by atoms with Gasteiger partial charge in [0.05, 0.1) is 21.0 Å². The van der Waals surface area contributed by atoms with Gasteiger partial charge in [-0.15, -0.1) is 0 Å². The Kier molecular flexibility index (Phi) is 6.97. The Morgan fingerprint density at radius 2 is 1.68 bits per heavy atom. The summed E-state index contributed by atoms with van der Waals surface area (Å²) >= 11 is 19.5. The van der Waals surface area contributed by atoms with Crippen LogP contribution in [0.2, 0.25) is 15.1 Å². The van der Waals surface area contributed by atoms with Crippen molar-refractivity contribution in [1.29, 1.82) is 0 Å². The predicted octanol–water partition coefficient (Wildman–Crippen LogP) is 5.99. The van der Waals surface area contributed by atoms with E-state index in [1.54, 1.807) is 6.92 Å². The van der Waals surface area contributed by atoms with Gasteiger partial charge >= 0.3 is 0 Å². The number of halogens is 3. The molecule has 1 aromatic heterocycles. The van der Waals surface area contributed by atoms with E-state index < -0.39 is 5.25 Å². The van der Waals surface area contributed by atoms with Crippen LogP contribution in [-0.2, 0) is 4.79 Å². The molecule has 0 saturated heterocycles. The minimum atomic E-state index is -0.392. The number of nitrogens with zero attached hydrogens (tertiary/aromatic N) is 2. The summed E-state index contributed by atoms with van der Waals surface area (Å²) in [5.74, 6) is 0.757. The molecule has 2 rings (SSSR count). The Bertz CT molecular complexity index is 776. The van der Waals surface area contributed by atoms with Crippen LogP contribution in [0.15, 0.2) is 23.2 Å². The molecule has 0 fully saturated rings. The van der Waals surface area contributed by atoms with Gasteiger partial charge in [-0.3, -0.25) is 4.79 Å². The first-order chi connectivity index (χ1) is 11.7.